The van der Waals surface area contributed by atoms with E-state index in [2.05, 4.69) is 43.1 Å². The Morgan fingerprint density at radius 1 is 0.713 bits per heavy atom. The summed E-state index contributed by atoms with van der Waals surface area (Å²) in [5.41, 5.74) is 7.84. The summed E-state index contributed by atoms with van der Waals surface area (Å²) < 4.78 is 118. The van der Waals surface area contributed by atoms with Gasteiger partial charge in [-0.15, -0.1) is 0 Å². The molecule has 0 radical (unpaired) electrons. The van der Waals surface area contributed by atoms with Crippen molar-refractivity contribution in [1.82, 2.24) is 39.8 Å². The van der Waals surface area contributed by atoms with Crippen LogP contribution in [-0.4, -0.2) is 246 Å². The smallest absolute Gasteiger partial charge is 0.457 e. The molecule has 5 aromatic rings. The lowest BCUT2D eigenvalue weighted by Gasteiger charge is -2.35. The number of para-hydroxylation sites is 1. The van der Waals surface area contributed by atoms with Crippen molar-refractivity contribution in [2.45, 2.75) is 115 Å². The van der Waals surface area contributed by atoms with Crippen LogP contribution in [0, 0.1) is 11.8 Å². The van der Waals surface area contributed by atoms with E-state index in [9.17, 15) is 50.4 Å². The molecule has 0 unspecified atom stereocenters. The van der Waals surface area contributed by atoms with Crippen molar-refractivity contribution in [3.63, 3.8) is 0 Å². The van der Waals surface area contributed by atoms with Crippen LogP contribution in [0.4, 0.5) is 10.5 Å². The standard InChI is InChI=1S/C73H100N10O23S2/c1-6-73(60-44-63-67-58(47-82(63)69(88)59(60)49-104-70(73)89)56(57-15-10-11-16-61(57)81-67)23-27-83(52(2)3)108(5,93)94)106-72(90)105-48-53-19-21-55(22-20-53)79-68(87)62(17-12-13-24-74)80-66(86)51-103-50-65(85)76-26-29-96-31-33-98-35-37-100-39-41-102-43-42-101-40-38-99-36-34-97-32-30-95-28-25-75-64(84)18-9-7-8-14-54-45-77-71(78-46-54)107(4,91)92/h10-11,15-16,19-22,44-46,52,62H,6-7,9,12-13,17-18,23-43,47-51,74H2,1-5H3,(H,75,84)(H,76,85)(H,79,87)(H,80,86)/t62-,73-/m0/s1. The number of fused-ring (bicyclic) bond motifs is 5. The Labute approximate surface area is 628 Å². The number of nitrogens with two attached hydrogens (primary N) is 1. The van der Waals surface area contributed by atoms with Crippen molar-refractivity contribution in [2.75, 3.05) is 163 Å². The van der Waals surface area contributed by atoms with Crippen LogP contribution in [0.25, 0.3) is 22.3 Å². The second-order valence-corrected chi connectivity index (χ2v) is 29.1. The summed E-state index contributed by atoms with van der Waals surface area (Å²) in [6, 6.07) is 14.1. The van der Waals surface area contributed by atoms with Crippen LogP contribution in [0.5, 0.6) is 0 Å². The Morgan fingerprint density at radius 2 is 1.29 bits per heavy atom. The van der Waals surface area contributed by atoms with Crippen LogP contribution in [-0.2, 0) is 132 Å². The molecule has 2 aliphatic rings. The zero-order valence-corrected chi connectivity index (χ0v) is 63.5. The molecule has 5 heterocycles. The van der Waals surface area contributed by atoms with Gasteiger partial charge in [0.1, 0.15) is 32.5 Å². The number of nitrogens with one attached hydrogen (secondary N) is 4. The number of carbonyl (C=O) groups is 6. The van der Waals surface area contributed by atoms with Crippen molar-refractivity contribution < 1.29 is 102 Å². The number of anilines is 1. The van der Waals surface area contributed by atoms with Gasteiger partial charge in [0, 0.05) is 79.4 Å². The van der Waals surface area contributed by atoms with E-state index in [0.29, 0.717) is 178 Å². The van der Waals surface area contributed by atoms with Crippen LogP contribution in [0.1, 0.15) is 99.1 Å². The molecule has 6 N–H and O–H groups in total. The quantitative estimate of drug-likeness (QED) is 0.0159. The van der Waals surface area contributed by atoms with E-state index in [4.69, 9.17) is 67.6 Å². The molecule has 592 valence electrons. The predicted molar refractivity (Wildman–Crippen MR) is 393 cm³/mol. The summed E-state index contributed by atoms with van der Waals surface area (Å²) in [6.45, 7) is 10.7. The fourth-order valence-electron chi connectivity index (χ4n) is 11.4. The number of unbranched alkanes of at least 4 members (excludes halogenated alkanes) is 2. The number of benzene rings is 2. The maximum atomic E-state index is 14.4. The number of rotatable bonds is 51. The highest BCUT2D eigenvalue weighted by molar-refractivity contribution is 7.90. The first-order valence-electron chi connectivity index (χ1n) is 35.8. The number of carbonyl (C=O) groups excluding carboxylic acids is 6. The highest BCUT2D eigenvalue weighted by Crippen LogP contribution is 2.42. The SMILES string of the molecule is CC[C@@]1(OC(=O)OCc2ccc(NC(=O)[C@H](CCCCN)NC(=O)COCC(=O)NCCOCCOCCOCCOCCOCCOCCOCCOCCNC(=O)CCCC#Cc3cnc(S(C)(=O)=O)nc3)cc2)C(=O)OCc2c1cc1n(c2=O)Cc2c-1nc1ccccc1c2CCN(C(C)C)S(C)(=O)=O. The average molecular weight is 1550 g/mol. The van der Waals surface area contributed by atoms with Gasteiger partial charge in [0.2, 0.25) is 54.2 Å². The maximum absolute atomic E-state index is 14.4. The molecule has 35 heteroatoms. The third-order valence-corrected chi connectivity index (χ3v) is 19.1. The van der Waals surface area contributed by atoms with Gasteiger partial charge in [-0.05, 0) is 94.3 Å². The highest BCUT2D eigenvalue weighted by atomic mass is 32.2. The number of hydrogen-bond donors (Lipinski definition) is 5. The molecule has 0 aliphatic carbocycles. The lowest BCUT2D eigenvalue weighted by atomic mass is 9.85. The number of amides is 4. The highest BCUT2D eigenvalue weighted by Gasteiger charge is 2.51. The van der Waals surface area contributed by atoms with Gasteiger partial charge in [0.15, 0.2) is 0 Å². The minimum Gasteiger partial charge on any atom is -0.457 e. The van der Waals surface area contributed by atoms with Crippen molar-refractivity contribution in [2.24, 2.45) is 5.73 Å². The number of ether oxygens (including phenoxy) is 12. The first kappa shape index (κ1) is 86.8. The summed E-state index contributed by atoms with van der Waals surface area (Å²) in [5, 5.41) is 11.4. The van der Waals surface area contributed by atoms with E-state index in [1.807, 2.05) is 24.3 Å². The molecule has 3 aromatic heterocycles. The van der Waals surface area contributed by atoms with Gasteiger partial charge >= 0.3 is 12.1 Å². The number of sulfonamides is 1. The Kier molecular flexibility index (Phi) is 36.5. The number of hydrogen-bond acceptors (Lipinski definition) is 27. The summed E-state index contributed by atoms with van der Waals surface area (Å²) in [4.78, 5) is 105. The Hall–Kier alpha value is -8.48. The minimum absolute atomic E-state index is 0.103. The second kappa shape index (κ2) is 45.5. The molecule has 7 rings (SSSR count). The van der Waals surface area contributed by atoms with Gasteiger partial charge < -0.3 is 88.4 Å². The van der Waals surface area contributed by atoms with E-state index in [1.54, 1.807) is 51.1 Å². The molecular weight excluding hydrogens is 1450 g/mol. The molecule has 108 heavy (non-hydrogen) atoms. The van der Waals surface area contributed by atoms with E-state index in [0.717, 1.165) is 22.8 Å². The summed E-state index contributed by atoms with van der Waals surface area (Å²) in [5.74, 6) is 3.15. The van der Waals surface area contributed by atoms with Crippen LogP contribution < -0.4 is 32.6 Å². The lowest BCUT2D eigenvalue weighted by Crippen LogP contribution is -2.47. The van der Waals surface area contributed by atoms with Gasteiger partial charge in [0.25, 0.3) is 5.56 Å². The Bertz CT molecular complexity index is 4120. The first-order valence-corrected chi connectivity index (χ1v) is 39.6. The third kappa shape index (κ3) is 28.2. The van der Waals surface area contributed by atoms with Gasteiger partial charge in [-0.3, -0.25) is 24.0 Å². The Morgan fingerprint density at radius 3 is 1.85 bits per heavy atom. The van der Waals surface area contributed by atoms with Gasteiger partial charge in [-0.1, -0.05) is 49.1 Å². The van der Waals surface area contributed by atoms with Crippen molar-refractivity contribution in [3.05, 3.63) is 111 Å². The number of sulfone groups is 1. The maximum Gasteiger partial charge on any atom is 0.510 e. The van der Waals surface area contributed by atoms with Crippen molar-refractivity contribution in [1.29, 1.82) is 0 Å². The third-order valence-electron chi connectivity index (χ3n) is 16.8. The lowest BCUT2D eigenvalue weighted by molar-refractivity contribution is -0.175. The average Bonchev–Trinajstić information content (AvgIpc) is 1.51. The van der Waals surface area contributed by atoms with Gasteiger partial charge in [-0.2, -0.15) is 4.31 Å². The molecule has 4 amide bonds. The van der Waals surface area contributed by atoms with Crippen molar-refractivity contribution in [3.8, 4) is 23.2 Å². The van der Waals surface area contributed by atoms with Crippen LogP contribution in [0.2, 0.25) is 0 Å². The molecule has 2 aromatic carbocycles. The monoisotopic (exact) mass is 1550 g/mol. The summed E-state index contributed by atoms with van der Waals surface area (Å²) in [7, 11) is -7.01. The van der Waals surface area contributed by atoms with E-state index < -0.39 is 80.1 Å². The molecule has 0 bridgehead atoms. The number of nitrogens with zero attached hydrogens (tertiary/aromatic N) is 5. The van der Waals surface area contributed by atoms with Crippen LogP contribution >= 0.6 is 0 Å². The topological polar surface area (TPSA) is 420 Å². The number of esters is 1. The second-order valence-electron chi connectivity index (χ2n) is 25.2. The van der Waals surface area contributed by atoms with E-state index in [-0.39, 0.29) is 87.1 Å². The molecule has 0 fully saturated rings. The van der Waals surface area contributed by atoms with E-state index >= 15 is 0 Å². The van der Waals surface area contributed by atoms with Crippen molar-refractivity contribution >= 4 is 72.2 Å². The zero-order valence-electron chi connectivity index (χ0n) is 61.9. The minimum atomic E-state index is -3.54. The summed E-state index contributed by atoms with van der Waals surface area (Å²) in [6.07, 6.45) is 6.64. The molecule has 33 nitrogen and oxygen atoms in total. The molecule has 0 spiro atoms. The number of pyridine rings is 2. The Balaban J connectivity index is 0.676. The van der Waals surface area contributed by atoms with E-state index in [1.165, 1.54) is 27.5 Å². The fourth-order valence-corrected chi connectivity index (χ4v) is 13.1. The molecule has 0 saturated carbocycles. The van der Waals surface area contributed by atoms with Gasteiger partial charge in [-0.25, -0.2) is 41.4 Å². The van der Waals surface area contributed by atoms with Crippen LogP contribution in [0.3, 0.4) is 0 Å². The van der Waals surface area contributed by atoms with Crippen LogP contribution in [0.15, 0.2) is 76.9 Å². The normalized spacial score (nSPS) is 14.1. The zero-order chi connectivity index (χ0) is 77.7. The largest absolute Gasteiger partial charge is 0.510 e. The fraction of sp³-hybridized carbons (Fsp3) is 0.562. The number of cyclic esters (lactones) is 1. The molecule has 0 saturated heterocycles. The molecular formula is C73H100N10O23S2. The predicted octanol–water partition coefficient (Wildman–Crippen LogP) is 3.00. The number of aromatic nitrogens is 4. The molecule has 2 atom stereocenters. The summed E-state index contributed by atoms with van der Waals surface area (Å²) >= 11 is 0. The first-order chi connectivity index (χ1) is 52.0. The molecule has 2 aliphatic heterocycles. The van der Waals surface area contributed by atoms with Gasteiger partial charge in [0.05, 0.1) is 147 Å².